The van der Waals surface area contributed by atoms with E-state index < -0.39 is 0 Å². The van der Waals surface area contributed by atoms with Gasteiger partial charge in [0.25, 0.3) is 0 Å². The van der Waals surface area contributed by atoms with Gasteiger partial charge in [0.15, 0.2) is 0 Å². The number of aromatic nitrogens is 2. The van der Waals surface area contributed by atoms with Crippen molar-refractivity contribution in [2.24, 2.45) is 0 Å². The van der Waals surface area contributed by atoms with Gasteiger partial charge in [0.2, 0.25) is 0 Å². The summed E-state index contributed by atoms with van der Waals surface area (Å²) >= 11 is 0. The van der Waals surface area contributed by atoms with Gasteiger partial charge in [-0.15, -0.1) is 0 Å². The van der Waals surface area contributed by atoms with Crippen molar-refractivity contribution in [3.63, 3.8) is 0 Å². The largest absolute Gasteiger partial charge is 0.375 e. The Morgan fingerprint density at radius 3 is 3.05 bits per heavy atom. The van der Waals surface area contributed by atoms with E-state index in [1.165, 1.54) is 37.7 Å². The predicted molar refractivity (Wildman–Crippen MR) is 79.6 cm³/mol. The molecule has 1 saturated heterocycles. The van der Waals surface area contributed by atoms with Gasteiger partial charge in [-0.25, -0.2) is 0 Å². The van der Waals surface area contributed by atoms with Crippen LogP contribution in [0.5, 0.6) is 0 Å². The zero-order valence-electron chi connectivity index (χ0n) is 12.6. The van der Waals surface area contributed by atoms with Crippen LogP contribution in [-0.4, -0.2) is 28.5 Å². The summed E-state index contributed by atoms with van der Waals surface area (Å²) in [7, 11) is 0. The summed E-state index contributed by atoms with van der Waals surface area (Å²) in [5.41, 5.74) is 1.45. The van der Waals surface area contributed by atoms with Crippen molar-refractivity contribution >= 4 is 0 Å². The van der Waals surface area contributed by atoms with E-state index in [0.717, 1.165) is 32.5 Å². The van der Waals surface area contributed by atoms with E-state index >= 15 is 0 Å². The molecular weight excluding hydrogens is 250 g/mol. The number of hydrogen-bond donors (Lipinski definition) is 1. The molecule has 4 nitrogen and oxygen atoms in total. The van der Waals surface area contributed by atoms with Gasteiger partial charge in [-0.05, 0) is 32.2 Å². The van der Waals surface area contributed by atoms with Crippen molar-refractivity contribution in [3.8, 4) is 0 Å². The van der Waals surface area contributed by atoms with E-state index in [9.17, 15) is 0 Å². The molecule has 1 atom stereocenters. The predicted octanol–water partition coefficient (Wildman–Crippen LogP) is 3.05. The highest BCUT2D eigenvalue weighted by molar-refractivity contribution is 5.05. The quantitative estimate of drug-likeness (QED) is 0.919. The normalized spacial score (nSPS) is 25.9. The zero-order valence-corrected chi connectivity index (χ0v) is 12.6. The third-order valence-electron chi connectivity index (χ3n) is 4.84. The summed E-state index contributed by atoms with van der Waals surface area (Å²) in [6.45, 7) is 4.96. The van der Waals surface area contributed by atoms with E-state index in [1.807, 2.05) is 6.20 Å². The van der Waals surface area contributed by atoms with Gasteiger partial charge in [0.05, 0.1) is 17.8 Å². The highest BCUT2D eigenvalue weighted by Gasteiger charge is 2.39. The Morgan fingerprint density at radius 1 is 1.40 bits per heavy atom. The molecule has 1 aliphatic heterocycles. The molecule has 1 aliphatic carbocycles. The summed E-state index contributed by atoms with van der Waals surface area (Å²) < 4.78 is 8.36. The monoisotopic (exact) mass is 277 g/mol. The van der Waals surface area contributed by atoms with Crippen LogP contribution in [0.15, 0.2) is 12.4 Å². The fraction of sp³-hybridized carbons (Fsp3) is 0.812. The fourth-order valence-corrected chi connectivity index (χ4v) is 3.71. The number of nitrogens with one attached hydrogen (secondary N) is 1. The van der Waals surface area contributed by atoms with Crippen molar-refractivity contribution < 1.29 is 4.74 Å². The highest BCUT2D eigenvalue weighted by Crippen LogP contribution is 2.42. The second-order valence-corrected chi connectivity index (χ2v) is 6.35. The van der Waals surface area contributed by atoms with Crippen LogP contribution in [0.2, 0.25) is 0 Å². The molecule has 1 aromatic heterocycles. The smallest absolute Gasteiger partial charge is 0.0703 e. The van der Waals surface area contributed by atoms with Gasteiger partial charge in [0, 0.05) is 24.9 Å². The van der Waals surface area contributed by atoms with Crippen molar-refractivity contribution in [1.29, 1.82) is 0 Å². The second-order valence-electron chi connectivity index (χ2n) is 6.35. The molecule has 1 unspecified atom stereocenters. The Kier molecular flexibility index (Phi) is 4.41. The van der Waals surface area contributed by atoms with Crippen LogP contribution in [0, 0.1) is 0 Å². The van der Waals surface area contributed by atoms with Crippen LogP contribution in [0.3, 0.4) is 0 Å². The Bertz CT molecular complexity index is 418. The molecule has 1 saturated carbocycles. The van der Waals surface area contributed by atoms with Crippen LogP contribution < -0.4 is 5.32 Å². The molecule has 0 radical (unpaired) electrons. The summed E-state index contributed by atoms with van der Waals surface area (Å²) in [6.07, 6.45) is 13.0. The van der Waals surface area contributed by atoms with Gasteiger partial charge < -0.3 is 10.1 Å². The van der Waals surface area contributed by atoms with E-state index in [2.05, 4.69) is 28.2 Å². The standard InChI is InChI=1S/C16H27N3O/c1-2-17-11-14-12-18-19(13-14)15-6-9-20-16(10-15)7-4-3-5-8-16/h12-13,15,17H,2-11H2,1H3. The van der Waals surface area contributed by atoms with Crippen molar-refractivity contribution in [1.82, 2.24) is 15.1 Å². The van der Waals surface area contributed by atoms with Gasteiger partial charge in [0.1, 0.15) is 0 Å². The number of hydrogen-bond acceptors (Lipinski definition) is 3. The van der Waals surface area contributed by atoms with Crippen LogP contribution >= 0.6 is 0 Å². The average molecular weight is 277 g/mol. The van der Waals surface area contributed by atoms with Crippen molar-refractivity contribution in [3.05, 3.63) is 18.0 Å². The van der Waals surface area contributed by atoms with Crippen LogP contribution in [-0.2, 0) is 11.3 Å². The maximum absolute atomic E-state index is 6.18. The lowest BCUT2D eigenvalue weighted by molar-refractivity contribution is -0.115. The Morgan fingerprint density at radius 2 is 2.25 bits per heavy atom. The molecule has 2 fully saturated rings. The lowest BCUT2D eigenvalue weighted by Crippen LogP contribution is -2.42. The maximum atomic E-state index is 6.18. The Hall–Kier alpha value is -0.870. The molecule has 1 spiro atoms. The molecule has 1 aromatic rings. The maximum Gasteiger partial charge on any atom is 0.0703 e. The fourth-order valence-electron chi connectivity index (χ4n) is 3.71. The lowest BCUT2D eigenvalue weighted by atomic mass is 9.78. The molecule has 20 heavy (non-hydrogen) atoms. The van der Waals surface area contributed by atoms with Crippen LogP contribution in [0.25, 0.3) is 0 Å². The lowest BCUT2D eigenvalue weighted by Gasteiger charge is -2.43. The minimum Gasteiger partial charge on any atom is -0.375 e. The summed E-state index contributed by atoms with van der Waals surface area (Å²) in [4.78, 5) is 0. The number of ether oxygens (including phenoxy) is 1. The minimum absolute atomic E-state index is 0.162. The Labute approximate surface area is 121 Å². The van der Waals surface area contributed by atoms with Crippen molar-refractivity contribution in [2.75, 3.05) is 13.2 Å². The average Bonchev–Trinajstić information content (AvgIpc) is 2.95. The van der Waals surface area contributed by atoms with E-state index in [-0.39, 0.29) is 5.60 Å². The molecule has 2 aliphatic rings. The van der Waals surface area contributed by atoms with Gasteiger partial charge >= 0.3 is 0 Å². The molecule has 0 amide bonds. The molecular formula is C16H27N3O. The first-order chi connectivity index (χ1) is 9.81. The van der Waals surface area contributed by atoms with E-state index in [1.54, 1.807) is 0 Å². The highest BCUT2D eigenvalue weighted by atomic mass is 16.5. The SMILES string of the molecule is CCNCc1cnn(C2CCOC3(CCCCC3)C2)c1. The summed E-state index contributed by atoms with van der Waals surface area (Å²) in [5, 5.41) is 7.95. The molecule has 112 valence electrons. The molecule has 4 heteroatoms. The van der Waals surface area contributed by atoms with Gasteiger partial charge in [-0.1, -0.05) is 26.2 Å². The van der Waals surface area contributed by atoms with Crippen LogP contribution in [0.4, 0.5) is 0 Å². The third kappa shape index (κ3) is 3.07. The van der Waals surface area contributed by atoms with Gasteiger partial charge in [-0.3, -0.25) is 4.68 Å². The zero-order chi connectivity index (χ0) is 13.8. The van der Waals surface area contributed by atoms with E-state index in [4.69, 9.17) is 4.74 Å². The number of rotatable bonds is 4. The van der Waals surface area contributed by atoms with E-state index in [0.29, 0.717) is 6.04 Å². The first-order valence-electron chi connectivity index (χ1n) is 8.19. The molecule has 0 bridgehead atoms. The third-order valence-corrected chi connectivity index (χ3v) is 4.84. The minimum atomic E-state index is 0.162. The first-order valence-corrected chi connectivity index (χ1v) is 8.19. The summed E-state index contributed by atoms with van der Waals surface area (Å²) in [6, 6.07) is 0.525. The number of nitrogens with zero attached hydrogens (tertiary/aromatic N) is 2. The first kappa shape index (κ1) is 14.1. The molecule has 2 heterocycles. The van der Waals surface area contributed by atoms with Crippen LogP contribution in [0.1, 0.15) is 63.5 Å². The van der Waals surface area contributed by atoms with Gasteiger partial charge in [-0.2, -0.15) is 5.10 Å². The topological polar surface area (TPSA) is 39.1 Å². The molecule has 3 rings (SSSR count). The second kappa shape index (κ2) is 6.27. The van der Waals surface area contributed by atoms with Crippen molar-refractivity contribution in [2.45, 2.75) is 70.1 Å². The Balaban J connectivity index is 1.65. The summed E-state index contributed by atoms with van der Waals surface area (Å²) in [5.74, 6) is 0. The molecule has 0 aromatic carbocycles. The molecule has 1 N–H and O–H groups in total.